The van der Waals surface area contributed by atoms with Gasteiger partial charge in [0.2, 0.25) is 0 Å². The van der Waals surface area contributed by atoms with Crippen LogP contribution in [0.15, 0.2) is 10.9 Å². The number of carboxylic acid groups (broad SMARTS) is 1. The van der Waals surface area contributed by atoms with Crippen LogP contribution in [0.5, 0.6) is 5.06 Å². The second kappa shape index (κ2) is 5.62. The smallest absolute Gasteiger partial charge is 0.325 e. The van der Waals surface area contributed by atoms with Gasteiger partial charge in [0.15, 0.2) is 5.06 Å². The van der Waals surface area contributed by atoms with Gasteiger partial charge < -0.3 is 9.84 Å². The molecule has 1 N–H and O–H groups in total. The number of hydrogen-bond acceptors (Lipinski definition) is 5. The van der Waals surface area contributed by atoms with Crippen LogP contribution in [0.25, 0.3) is 10.1 Å². The van der Waals surface area contributed by atoms with Crippen LogP contribution < -0.4 is 10.3 Å². The molecule has 2 aromatic heterocycles. The van der Waals surface area contributed by atoms with Gasteiger partial charge in [-0.1, -0.05) is 25.2 Å². The van der Waals surface area contributed by atoms with Crippen LogP contribution in [-0.4, -0.2) is 27.5 Å². The zero-order valence-electron chi connectivity index (χ0n) is 11.5. The quantitative estimate of drug-likeness (QED) is 0.913. The third kappa shape index (κ3) is 2.67. The van der Waals surface area contributed by atoms with Crippen LogP contribution in [0, 0.1) is 0 Å². The van der Waals surface area contributed by atoms with E-state index < -0.39 is 12.5 Å². The first-order valence-corrected chi connectivity index (χ1v) is 7.14. The van der Waals surface area contributed by atoms with Crippen molar-refractivity contribution in [3.63, 3.8) is 0 Å². The van der Waals surface area contributed by atoms with Crippen LogP contribution in [0.4, 0.5) is 0 Å². The summed E-state index contributed by atoms with van der Waals surface area (Å²) in [6, 6.07) is 1.80. The van der Waals surface area contributed by atoms with E-state index in [9.17, 15) is 9.59 Å². The van der Waals surface area contributed by atoms with E-state index in [2.05, 4.69) is 5.10 Å². The molecule has 0 amide bonds. The molecule has 0 fully saturated rings. The van der Waals surface area contributed by atoms with Crippen molar-refractivity contribution in [2.45, 2.75) is 33.2 Å². The average molecular weight is 296 g/mol. The molecule has 0 aromatic carbocycles. The highest BCUT2D eigenvalue weighted by Crippen LogP contribution is 2.33. The van der Waals surface area contributed by atoms with Crippen LogP contribution in [0.1, 0.15) is 32.4 Å². The lowest BCUT2D eigenvalue weighted by Crippen LogP contribution is -2.27. The first kappa shape index (κ1) is 14.5. The first-order valence-electron chi connectivity index (χ1n) is 6.33. The molecule has 0 aliphatic heterocycles. The molecule has 7 heteroatoms. The Morgan fingerprint density at radius 2 is 2.25 bits per heavy atom. The fourth-order valence-corrected chi connectivity index (χ4v) is 2.96. The van der Waals surface area contributed by atoms with Gasteiger partial charge in [-0.25, -0.2) is 4.68 Å². The van der Waals surface area contributed by atoms with Crippen molar-refractivity contribution in [3.05, 3.63) is 22.1 Å². The molecule has 6 nitrogen and oxygen atoms in total. The summed E-state index contributed by atoms with van der Waals surface area (Å²) in [7, 11) is 0. The van der Waals surface area contributed by atoms with Crippen molar-refractivity contribution in [2.75, 3.05) is 6.61 Å². The van der Waals surface area contributed by atoms with Crippen molar-refractivity contribution < 1.29 is 14.6 Å². The van der Waals surface area contributed by atoms with E-state index in [-0.39, 0.29) is 11.5 Å². The summed E-state index contributed by atoms with van der Waals surface area (Å²) in [5, 5.41) is 14.4. The van der Waals surface area contributed by atoms with Gasteiger partial charge >= 0.3 is 5.97 Å². The van der Waals surface area contributed by atoms with Gasteiger partial charge in [-0.05, 0) is 12.8 Å². The number of carbonyl (C=O) groups is 1. The van der Waals surface area contributed by atoms with Crippen LogP contribution in [0.2, 0.25) is 0 Å². The Kier molecular flexibility index (Phi) is 4.08. The number of carboxylic acids is 1. The molecule has 0 saturated heterocycles. The molecule has 20 heavy (non-hydrogen) atoms. The molecule has 2 heterocycles. The highest BCUT2D eigenvalue weighted by atomic mass is 32.1. The maximum absolute atomic E-state index is 12.2. The van der Waals surface area contributed by atoms with E-state index >= 15 is 0 Å². The number of ether oxygens (including phenoxy) is 1. The zero-order chi connectivity index (χ0) is 14.9. The van der Waals surface area contributed by atoms with Gasteiger partial charge in [-0.3, -0.25) is 9.59 Å². The summed E-state index contributed by atoms with van der Waals surface area (Å²) < 4.78 is 6.93. The van der Waals surface area contributed by atoms with Crippen molar-refractivity contribution in [2.24, 2.45) is 0 Å². The molecular weight excluding hydrogens is 280 g/mol. The normalized spacial score (nSPS) is 11.2. The summed E-state index contributed by atoms with van der Waals surface area (Å²) in [4.78, 5) is 23.1. The number of hydrogen-bond donors (Lipinski definition) is 1. The van der Waals surface area contributed by atoms with Crippen LogP contribution >= 0.6 is 11.3 Å². The first-order chi connectivity index (χ1) is 9.43. The number of aromatic nitrogens is 2. The van der Waals surface area contributed by atoms with E-state index in [4.69, 9.17) is 9.84 Å². The number of aliphatic carboxylic acids is 1. The van der Waals surface area contributed by atoms with E-state index in [1.54, 1.807) is 6.07 Å². The van der Waals surface area contributed by atoms with Crippen molar-refractivity contribution >= 4 is 27.4 Å². The summed E-state index contributed by atoms with van der Waals surface area (Å²) >= 11 is 1.23. The Morgan fingerprint density at radius 1 is 1.55 bits per heavy atom. The lowest BCUT2D eigenvalue weighted by Gasteiger charge is -2.09. The molecule has 0 saturated carbocycles. The van der Waals surface area contributed by atoms with E-state index in [0.29, 0.717) is 22.1 Å². The van der Waals surface area contributed by atoms with Crippen LogP contribution in [-0.2, 0) is 11.3 Å². The fraction of sp³-hybridized carbons (Fsp3) is 0.462. The number of thiophene rings is 1. The standard InChI is InChI=1S/C13H16N2O4S/c1-4-19-10-5-8-11(7(2)3)14-15(6-9(16)17)13(18)12(8)20-10/h5,7H,4,6H2,1-3H3,(H,16,17). The van der Waals surface area contributed by atoms with E-state index in [1.807, 2.05) is 20.8 Å². The second-order valence-corrected chi connectivity index (χ2v) is 5.65. The Bertz CT molecular complexity index is 702. The maximum atomic E-state index is 12.2. The predicted octanol–water partition coefficient (Wildman–Crippen LogP) is 2.06. The molecule has 0 aliphatic carbocycles. The molecule has 0 aliphatic rings. The minimum Gasteiger partial charge on any atom is -0.484 e. The van der Waals surface area contributed by atoms with Crippen molar-refractivity contribution in [1.29, 1.82) is 0 Å². The third-order valence-corrected chi connectivity index (χ3v) is 3.80. The fourth-order valence-electron chi connectivity index (χ4n) is 1.94. The summed E-state index contributed by atoms with van der Waals surface area (Å²) in [5.74, 6) is -1.00. The lowest BCUT2D eigenvalue weighted by molar-refractivity contribution is -0.138. The molecular formula is C13H16N2O4S. The highest BCUT2D eigenvalue weighted by Gasteiger charge is 2.18. The number of nitrogens with zero attached hydrogens (tertiary/aromatic N) is 2. The highest BCUT2D eigenvalue weighted by molar-refractivity contribution is 7.20. The average Bonchev–Trinajstić information content (AvgIpc) is 2.76. The largest absolute Gasteiger partial charge is 0.484 e. The number of rotatable bonds is 5. The van der Waals surface area contributed by atoms with E-state index in [1.165, 1.54) is 11.3 Å². The monoisotopic (exact) mass is 296 g/mol. The molecule has 2 aromatic rings. The van der Waals surface area contributed by atoms with Crippen LogP contribution in [0.3, 0.4) is 0 Å². The van der Waals surface area contributed by atoms with Crippen molar-refractivity contribution in [1.82, 2.24) is 9.78 Å². The molecule has 2 rings (SSSR count). The van der Waals surface area contributed by atoms with E-state index in [0.717, 1.165) is 10.1 Å². The summed E-state index contributed by atoms with van der Waals surface area (Å²) in [6.07, 6.45) is 0. The Morgan fingerprint density at radius 3 is 2.80 bits per heavy atom. The molecule has 0 bridgehead atoms. The summed E-state index contributed by atoms with van der Waals surface area (Å²) in [5.41, 5.74) is 0.325. The van der Waals surface area contributed by atoms with Gasteiger partial charge in [0, 0.05) is 11.5 Å². The molecule has 0 radical (unpaired) electrons. The van der Waals surface area contributed by atoms with Gasteiger partial charge in [0.05, 0.1) is 12.3 Å². The molecule has 0 unspecified atom stereocenters. The minimum absolute atomic E-state index is 0.0854. The zero-order valence-corrected chi connectivity index (χ0v) is 12.4. The molecule has 108 valence electrons. The molecule has 0 atom stereocenters. The minimum atomic E-state index is -1.09. The molecule has 0 spiro atoms. The Balaban J connectivity index is 2.70. The third-order valence-electron chi connectivity index (χ3n) is 2.76. The predicted molar refractivity (Wildman–Crippen MR) is 76.8 cm³/mol. The SMILES string of the molecule is CCOc1cc2c(C(C)C)nn(CC(=O)O)c(=O)c2s1. The van der Waals surface area contributed by atoms with Gasteiger partial charge in [-0.15, -0.1) is 0 Å². The van der Waals surface area contributed by atoms with Gasteiger partial charge in [0.25, 0.3) is 5.56 Å². The Hall–Kier alpha value is -1.89. The lowest BCUT2D eigenvalue weighted by atomic mass is 10.1. The maximum Gasteiger partial charge on any atom is 0.325 e. The topological polar surface area (TPSA) is 81.4 Å². The Labute approximate surface area is 119 Å². The number of fused-ring (bicyclic) bond motifs is 1. The second-order valence-electron chi connectivity index (χ2n) is 4.64. The van der Waals surface area contributed by atoms with Gasteiger partial charge in [-0.2, -0.15) is 5.10 Å². The van der Waals surface area contributed by atoms with Crippen molar-refractivity contribution in [3.8, 4) is 5.06 Å². The summed E-state index contributed by atoms with van der Waals surface area (Å²) in [6.45, 7) is 5.86. The van der Waals surface area contributed by atoms with Gasteiger partial charge in [0.1, 0.15) is 11.2 Å².